The number of methoxy groups -OCH3 is 1. The van der Waals surface area contributed by atoms with Gasteiger partial charge in [0.2, 0.25) is 0 Å². The van der Waals surface area contributed by atoms with Gasteiger partial charge in [-0.1, -0.05) is 36.9 Å². The average Bonchev–Trinajstić information content (AvgIpc) is 3.91. The van der Waals surface area contributed by atoms with Crippen LogP contribution in [0.5, 0.6) is 5.75 Å². The molecule has 1 amide bonds. The summed E-state index contributed by atoms with van der Waals surface area (Å²) in [6.07, 6.45) is 3.79. The number of benzene rings is 2. The highest BCUT2D eigenvalue weighted by Crippen LogP contribution is 2.35. The summed E-state index contributed by atoms with van der Waals surface area (Å²) in [4.78, 5) is 47.2. The number of esters is 1. The van der Waals surface area contributed by atoms with Crippen molar-refractivity contribution in [3.63, 3.8) is 0 Å². The van der Waals surface area contributed by atoms with Crippen LogP contribution in [0.15, 0.2) is 55.1 Å². The normalized spacial score (nSPS) is 14.7. The van der Waals surface area contributed by atoms with E-state index in [0.29, 0.717) is 65.8 Å². The Morgan fingerprint density at radius 2 is 1.85 bits per heavy atom. The molecule has 2 aliphatic rings. The van der Waals surface area contributed by atoms with Gasteiger partial charge < -0.3 is 25.3 Å². The quantitative estimate of drug-likeness (QED) is 0.105. The number of nitrogens with two attached hydrogens (primary N) is 1. The molecule has 0 radical (unpaired) electrons. The van der Waals surface area contributed by atoms with E-state index in [1.54, 1.807) is 54.6 Å². The number of pyridine rings is 1. The molecule has 1 aliphatic carbocycles. The molecule has 0 unspecified atom stereocenters. The molecule has 11 nitrogen and oxygen atoms in total. The number of hydrogen-bond acceptors (Lipinski definition) is 9. The van der Waals surface area contributed by atoms with Crippen molar-refractivity contribution in [1.29, 1.82) is 5.41 Å². The lowest BCUT2D eigenvalue weighted by Crippen LogP contribution is -2.38. The van der Waals surface area contributed by atoms with E-state index in [-0.39, 0.29) is 41.9 Å². The van der Waals surface area contributed by atoms with Crippen LogP contribution in [0.2, 0.25) is 0 Å². The van der Waals surface area contributed by atoms with Crippen LogP contribution in [0.25, 0.3) is 17.2 Å². The van der Waals surface area contributed by atoms with Crippen molar-refractivity contribution in [2.24, 2.45) is 11.7 Å². The van der Waals surface area contributed by atoms with E-state index >= 15 is 0 Å². The van der Waals surface area contributed by atoms with Crippen LogP contribution in [0.1, 0.15) is 60.9 Å². The number of nitrogen functional groups attached to an aromatic ring is 1. The van der Waals surface area contributed by atoms with E-state index in [4.69, 9.17) is 25.4 Å². The summed E-state index contributed by atoms with van der Waals surface area (Å²) in [5, 5.41) is 10.5. The fourth-order valence-corrected chi connectivity index (χ4v) is 5.24. The predicted molar refractivity (Wildman–Crippen MR) is 174 cm³/mol. The summed E-state index contributed by atoms with van der Waals surface area (Å²) in [5.74, 6) is -0.460. The minimum absolute atomic E-state index is 0.0442. The topological polar surface area (TPSA) is 157 Å². The fraction of sp³-hybridized carbons (Fsp3) is 0.343. The van der Waals surface area contributed by atoms with Crippen molar-refractivity contribution >= 4 is 29.6 Å². The van der Waals surface area contributed by atoms with Crippen LogP contribution in [-0.4, -0.2) is 86.5 Å². The molecule has 1 saturated heterocycles. The first-order valence-electron chi connectivity index (χ1n) is 15.3. The summed E-state index contributed by atoms with van der Waals surface area (Å²) in [6.45, 7) is 7.81. The zero-order chi connectivity index (χ0) is 32.6. The van der Waals surface area contributed by atoms with Crippen LogP contribution < -0.4 is 15.8 Å². The number of ether oxygens (including phenoxy) is 3. The van der Waals surface area contributed by atoms with Gasteiger partial charge in [0.1, 0.15) is 23.9 Å². The van der Waals surface area contributed by atoms with Crippen molar-refractivity contribution in [2.75, 3.05) is 53.1 Å². The van der Waals surface area contributed by atoms with Crippen LogP contribution in [-0.2, 0) is 15.9 Å². The summed E-state index contributed by atoms with van der Waals surface area (Å²) in [5.41, 5.74) is 8.53. The average molecular weight is 626 g/mol. The second-order valence-corrected chi connectivity index (χ2v) is 11.4. The lowest BCUT2D eigenvalue weighted by molar-refractivity contribution is 0.0193. The van der Waals surface area contributed by atoms with Gasteiger partial charge in [-0.3, -0.25) is 19.9 Å². The maximum absolute atomic E-state index is 13.9. The number of rotatable bonds is 14. The molecule has 2 heterocycles. The van der Waals surface area contributed by atoms with Gasteiger partial charge in [0, 0.05) is 54.9 Å². The number of amidine groups is 1. The Morgan fingerprint density at radius 1 is 1.11 bits per heavy atom. The Morgan fingerprint density at radius 3 is 2.50 bits per heavy atom. The number of hydrogen-bond donors (Lipinski definition) is 3. The zero-order valence-corrected chi connectivity index (χ0v) is 26.0. The molecule has 46 heavy (non-hydrogen) atoms. The van der Waals surface area contributed by atoms with Gasteiger partial charge in [0.15, 0.2) is 11.5 Å². The Balaban J connectivity index is 1.51. The van der Waals surface area contributed by atoms with Crippen LogP contribution >= 0.6 is 0 Å². The number of aromatic nitrogens is 1. The molecule has 2 fully saturated rings. The number of Topliss-reactive ketones (excluding diaryl/α,β-unsaturated/α-hetero) is 1. The van der Waals surface area contributed by atoms with Gasteiger partial charge in [0.05, 0.1) is 20.3 Å². The monoisotopic (exact) mass is 625 g/mol. The molecular formula is C35H39N5O6. The largest absolute Gasteiger partial charge is 0.496 e. The first kappa shape index (κ1) is 32.5. The highest BCUT2D eigenvalue weighted by atomic mass is 16.5. The Bertz CT molecular complexity index is 1630. The Hall–Kier alpha value is -4.87. The second kappa shape index (κ2) is 14.9. The molecule has 0 atom stereocenters. The van der Waals surface area contributed by atoms with E-state index in [9.17, 15) is 14.4 Å². The molecule has 11 heteroatoms. The van der Waals surface area contributed by atoms with Crippen molar-refractivity contribution in [2.45, 2.75) is 19.3 Å². The van der Waals surface area contributed by atoms with E-state index in [1.165, 1.54) is 7.11 Å². The minimum atomic E-state index is -0.704. The molecule has 5 rings (SSSR count). The molecule has 2 aromatic carbocycles. The second-order valence-electron chi connectivity index (χ2n) is 11.4. The van der Waals surface area contributed by atoms with E-state index in [2.05, 4.69) is 21.8 Å². The SMILES string of the molecule is C=Cc1cc(C(=O)Cc2ccc(C(=N)N)cc2)c(-c2ccc(C(=O)NCC3CC3)nc2C(=O)OCCN2CCOCC2)cc1OC. The van der Waals surface area contributed by atoms with E-state index in [1.807, 2.05) is 0 Å². The standard InChI is InChI=1S/C35H39N5O6/c1-3-24-19-28(30(41)18-22-6-8-25(9-7-22)33(36)37)27(20-31(24)44-2)26-10-11-29(34(42)38-21-23-4-5-23)39-32(26)35(43)46-17-14-40-12-15-45-16-13-40/h3,6-11,19-20,23H,1,4-5,12-18,21H2,2H3,(H3,36,37)(H,38,42). The number of nitrogens with zero attached hydrogens (tertiary/aromatic N) is 2. The van der Waals surface area contributed by atoms with Crippen molar-refractivity contribution < 1.29 is 28.6 Å². The molecule has 1 aromatic heterocycles. The third kappa shape index (κ3) is 8.04. The van der Waals surface area contributed by atoms with Crippen molar-refractivity contribution in [3.8, 4) is 16.9 Å². The third-order valence-corrected chi connectivity index (χ3v) is 8.12. The Labute approximate surface area is 268 Å². The molecule has 3 aromatic rings. The van der Waals surface area contributed by atoms with Gasteiger partial charge in [-0.25, -0.2) is 9.78 Å². The molecule has 4 N–H and O–H groups in total. The van der Waals surface area contributed by atoms with Gasteiger partial charge in [-0.05, 0) is 54.2 Å². The smallest absolute Gasteiger partial charge is 0.357 e. The first-order chi connectivity index (χ1) is 22.3. The van der Waals surface area contributed by atoms with Gasteiger partial charge in [-0.2, -0.15) is 0 Å². The third-order valence-electron chi connectivity index (χ3n) is 8.12. The van der Waals surface area contributed by atoms with E-state index < -0.39 is 5.97 Å². The molecule has 1 saturated carbocycles. The van der Waals surface area contributed by atoms with Gasteiger partial charge in [-0.15, -0.1) is 0 Å². The van der Waals surface area contributed by atoms with Gasteiger partial charge in [0.25, 0.3) is 5.91 Å². The zero-order valence-electron chi connectivity index (χ0n) is 26.0. The van der Waals surface area contributed by atoms with Crippen LogP contribution in [0.4, 0.5) is 0 Å². The van der Waals surface area contributed by atoms with Crippen LogP contribution in [0, 0.1) is 11.3 Å². The van der Waals surface area contributed by atoms with E-state index in [0.717, 1.165) is 31.5 Å². The van der Waals surface area contributed by atoms with Crippen molar-refractivity contribution in [3.05, 3.63) is 88.8 Å². The van der Waals surface area contributed by atoms with Crippen molar-refractivity contribution in [1.82, 2.24) is 15.2 Å². The summed E-state index contributed by atoms with van der Waals surface area (Å²) >= 11 is 0. The summed E-state index contributed by atoms with van der Waals surface area (Å²) < 4.78 is 16.7. The number of carbonyl (C=O) groups excluding carboxylic acids is 3. The van der Waals surface area contributed by atoms with Crippen LogP contribution in [0.3, 0.4) is 0 Å². The minimum Gasteiger partial charge on any atom is -0.496 e. The molecule has 0 spiro atoms. The molecule has 240 valence electrons. The fourth-order valence-electron chi connectivity index (χ4n) is 5.24. The molecule has 1 aliphatic heterocycles. The lowest BCUT2D eigenvalue weighted by atomic mass is 9.90. The molecule has 0 bridgehead atoms. The maximum Gasteiger partial charge on any atom is 0.357 e. The Kier molecular flexibility index (Phi) is 10.6. The number of nitrogens with one attached hydrogen (secondary N) is 2. The number of morpholine rings is 1. The maximum atomic E-state index is 13.9. The molecular weight excluding hydrogens is 586 g/mol. The lowest BCUT2D eigenvalue weighted by Gasteiger charge is -2.26. The summed E-state index contributed by atoms with van der Waals surface area (Å²) in [7, 11) is 1.51. The first-order valence-corrected chi connectivity index (χ1v) is 15.3. The number of amides is 1. The highest BCUT2D eigenvalue weighted by molar-refractivity contribution is 6.07. The predicted octanol–water partition coefficient (Wildman–Crippen LogP) is 3.74. The summed E-state index contributed by atoms with van der Waals surface area (Å²) in [6, 6.07) is 13.4. The van der Waals surface area contributed by atoms with Gasteiger partial charge >= 0.3 is 5.97 Å². The highest BCUT2D eigenvalue weighted by Gasteiger charge is 2.26. The number of carbonyl (C=O) groups is 3. The number of ketones is 1.